The Morgan fingerprint density at radius 3 is 2.28 bits per heavy atom. The van der Waals surface area contributed by atoms with Gasteiger partial charge < -0.3 is 4.57 Å². The molecule has 18 heavy (non-hydrogen) atoms. The summed E-state index contributed by atoms with van der Waals surface area (Å²) in [7, 11) is 1.74. The van der Waals surface area contributed by atoms with E-state index in [0.717, 1.165) is 12.1 Å². The molecule has 2 rings (SSSR count). The van der Waals surface area contributed by atoms with Gasteiger partial charge in [0.15, 0.2) is 0 Å². The van der Waals surface area contributed by atoms with Crippen LogP contribution in [0.25, 0.3) is 0 Å². The maximum Gasteiger partial charge on any atom is 0.416 e. The van der Waals surface area contributed by atoms with Crippen molar-refractivity contribution in [2.75, 3.05) is 0 Å². The van der Waals surface area contributed by atoms with E-state index in [4.69, 9.17) is 0 Å². The fraction of sp³-hybridized carbons (Fsp3) is 0.182. The number of alkyl halides is 3. The van der Waals surface area contributed by atoms with Crippen LogP contribution in [0.4, 0.5) is 24.8 Å². The average Bonchev–Trinajstić information content (AvgIpc) is 2.72. The summed E-state index contributed by atoms with van der Waals surface area (Å²) >= 11 is 0. The first-order chi connectivity index (χ1) is 8.47. The van der Waals surface area contributed by atoms with E-state index in [1.807, 2.05) is 0 Å². The van der Waals surface area contributed by atoms with Crippen LogP contribution < -0.4 is 0 Å². The van der Waals surface area contributed by atoms with Crippen LogP contribution in [-0.2, 0) is 13.2 Å². The van der Waals surface area contributed by atoms with E-state index in [9.17, 15) is 13.2 Å². The van der Waals surface area contributed by atoms with Crippen LogP contribution in [0.2, 0.25) is 0 Å². The Labute approximate surface area is 101 Å². The van der Waals surface area contributed by atoms with Crippen LogP contribution in [0, 0.1) is 0 Å². The van der Waals surface area contributed by atoms with Gasteiger partial charge in [-0.3, -0.25) is 0 Å². The van der Waals surface area contributed by atoms with Gasteiger partial charge in [-0.05, 0) is 24.3 Å². The minimum Gasteiger partial charge on any atom is -0.317 e. The lowest BCUT2D eigenvalue weighted by Crippen LogP contribution is -2.03. The number of hydrogen-bond acceptors (Lipinski definition) is 3. The molecule has 0 fully saturated rings. The number of nitrogens with zero attached hydrogens (tertiary/aromatic N) is 4. The lowest BCUT2D eigenvalue weighted by Gasteiger charge is -2.05. The molecule has 0 saturated carbocycles. The Bertz CT molecular complexity index is 554. The normalized spacial score (nSPS) is 12.2. The highest BCUT2D eigenvalue weighted by atomic mass is 19.4. The third kappa shape index (κ3) is 2.73. The molecular formula is C11H9F3N4. The molecule has 0 spiro atoms. The van der Waals surface area contributed by atoms with Gasteiger partial charge >= 0.3 is 6.18 Å². The third-order valence-electron chi connectivity index (χ3n) is 2.25. The van der Waals surface area contributed by atoms with Crippen molar-refractivity contribution in [3.8, 4) is 0 Å². The van der Waals surface area contributed by atoms with E-state index >= 15 is 0 Å². The second-order valence-electron chi connectivity index (χ2n) is 3.58. The molecule has 0 radical (unpaired) electrons. The van der Waals surface area contributed by atoms with Crippen LogP contribution in [0.3, 0.4) is 0 Å². The quantitative estimate of drug-likeness (QED) is 0.750. The van der Waals surface area contributed by atoms with Crippen LogP contribution >= 0.6 is 0 Å². The molecule has 0 bridgehead atoms. The summed E-state index contributed by atoms with van der Waals surface area (Å²) in [6.07, 6.45) is -1.09. The second-order valence-corrected chi connectivity index (χ2v) is 3.58. The van der Waals surface area contributed by atoms with Gasteiger partial charge in [-0.2, -0.15) is 13.2 Å². The zero-order valence-corrected chi connectivity index (χ0v) is 9.39. The first-order valence-electron chi connectivity index (χ1n) is 5.03. The Morgan fingerprint density at radius 2 is 1.78 bits per heavy atom. The summed E-state index contributed by atoms with van der Waals surface area (Å²) in [6.45, 7) is 0. The van der Waals surface area contributed by atoms with Crippen molar-refractivity contribution in [1.29, 1.82) is 0 Å². The predicted molar refractivity (Wildman–Crippen MR) is 58.8 cm³/mol. The summed E-state index contributed by atoms with van der Waals surface area (Å²) in [4.78, 5) is 3.91. The maximum absolute atomic E-state index is 12.3. The molecule has 1 aromatic carbocycles. The maximum atomic E-state index is 12.3. The fourth-order valence-corrected chi connectivity index (χ4v) is 1.27. The zero-order valence-electron chi connectivity index (χ0n) is 9.39. The number of benzene rings is 1. The molecule has 1 heterocycles. The SMILES string of the molecule is Cn1ccnc1N=Nc1ccc(C(F)(F)F)cc1. The zero-order chi connectivity index (χ0) is 13.2. The fourth-order valence-electron chi connectivity index (χ4n) is 1.27. The molecule has 1 aromatic heterocycles. The topological polar surface area (TPSA) is 42.5 Å². The van der Waals surface area contributed by atoms with Crippen molar-refractivity contribution < 1.29 is 13.2 Å². The van der Waals surface area contributed by atoms with Gasteiger partial charge in [0.05, 0.1) is 11.3 Å². The molecular weight excluding hydrogens is 245 g/mol. The molecule has 0 N–H and O–H groups in total. The number of hydrogen-bond donors (Lipinski definition) is 0. The molecule has 0 aliphatic carbocycles. The van der Waals surface area contributed by atoms with Gasteiger partial charge in [-0.15, -0.1) is 10.2 Å². The molecule has 0 atom stereocenters. The highest BCUT2D eigenvalue weighted by molar-refractivity contribution is 5.39. The molecule has 0 unspecified atom stereocenters. The first-order valence-corrected chi connectivity index (χ1v) is 5.03. The molecule has 94 valence electrons. The summed E-state index contributed by atoms with van der Waals surface area (Å²) in [5.74, 6) is 0.384. The summed E-state index contributed by atoms with van der Waals surface area (Å²) < 4.78 is 38.6. The van der Waals surface area contributed by atoms with E-state index in [2.05, 4.69) is 15.2 Å². The third-order valence-corrected chi connectivity index (χ3v) is 2.25. The number of aryl methyl sites for hydroxylation is 1. The van der Waals surface area contributed by atoms with Crippen molar-refractivity contribution in [3.63, 3.8) is 0 Å². The molecule has 2 aromatic rings. The van der Waals surface area contributed by atoms with Crippen molar-refractivity contribution in [2.45, 2.75) is 6.18 Å². The van der Waals surface area contributed by atoms with Crippen molar-refractivity contribution in [2.24, 2.45) is 17.3 Å². The number of halogens is 3. The molecule has 4 nitrogen and oxygen atoms in total. The minimum atomic E-state index is -4.34. The van der Waals surface area contributed by atoms with Crippen LogP contribution in [0.1, 0.15) is 5.56 Å². The lowest BCUT2D eigenvalue weighted by atomic mass is 10.2. The van der Waals surface area contributed by atoms with Gasteiger partial charge in [-0.1, -0.05) is 0 Å². The monoisotopic (exact) mass is 254 g/mol. The highest BCUT2D eigenvalue weighted by Gasteiger charge is 2.29. The standard InChI is InChI=1S/C11H9F3N4/c1-18-7-6-15-10(18)17-16-9-4-2-8(3-5-9)11(12,13)14/h2-7H,1H3. The van der Waals surface area contributed by atoms with Gasteiger partial charge in [0.2, 0.25) is 5.95 Å². The van der Waals surface area contributed by atoms with Crippen LogP contribution in [0.15, 0.2) is 46.9 Å². The number of azo groups is 1. The Hall–Kier alpha value is -2.18. The molecule has 7 heteroatoms. The van der Waals surface area contributed by atoms with Crippen molar-refractivity contribution in [3.05, 3.63) is 42.2 Å². The van der Waals surface area contributed by atoms with Gasteiger partial charge in [0, 0.05) is 19.4 Å². The molecule has 0 aliphatic heterocycles. The highest BCUT2D eigenvalue weighted by Crippen LogP contribution is 2.30. The Balaban J connectivity index is 2.16. The second kappa shape index (κ2) is 4.59. The lowest BCUT2D eigenvalue weighted by molar-refractivity contribution is -0.137. The molecule has 0 saturated heterocycles. The largest absolute Gasteiger partial charge is 0.416 e. The van der Waals surface area contributed by atoms with Crippen LogP contribution in [0.5, 0.6) is 0 Å². The Morgan fingerprint density at radius 1 is 1.11 bits per heavy atom. The average molecular weight is 254 g/mol. The number of rotatable bonds is 2. The van der Waals surface area contributed by atoms with E-state index in [1.54, 1.807) is 24.0 Å². The van der Waals surface area contributed by atoms with E-state index < -0.39 is 11.7 Å². The molecule has 0 amide bonds. The number of aromatic nitrogens is 2. The van der Waals surface area contributed by atoms with Crippen molar-refractivity contribution >= 4 is 11.6 Å². The Kier molecular flexibility index (Phi) is 3.14. The molecule has 0 aliphatic rings. The minimum absolute atomic E-state index is 0.339. The van der Waals surface area contributed by atoms with Gasteiger partial charge in [0.25, 0.3) is 0 Å². The smallest absolute Gasteiger partial charge is 0.317 e. The van der Waals surface area contributed by atoms with Crippen molar-refractivity contribution in [1.82, 2.24) is 9.55 Å². The van der Waals surface area contributed by atoms with Gasteiger partial charge in [-0.25, -0.2) is 4.98 Å². The number of imidazole rings is 1. The summed E-state index contributed by atoms with van der Waals surface area (Å²) in [5.41, 5.74) is -0.371. The van der Waals surface area contributed by atoms with E-state index in [-0.39, 0.29) is 0 Å². The first kappa shape index (κ1) is 12.3. The van der Waals surface area contributed by atoms with E-state index in [0.29, 0.717) is 11.6 Å². The summed E-state index contributed by atoms with van der Waals surface area (Å²) in [6, 6.07) is 4.45. The summed E-state index contributed by atoms with van der Waals surface area (Å²) in [5, 5.41) is 7.63. The predicted octanol–water partition coefficient (Wildman–Crippen LogP) is 3.85. The van der Waals surface area contributed by atoms with Gasteiger partial charge in [0.1, 0.15) is 0 Å². The van der Waals surface area contributed by atoms with Crippen LogP contribution in [-0.4, -0.2) is 9.55 Å². The van der Waals surface area contributed by atoms with E-state index in [1.165, 1.54) is 12.1 Å².